The zero-order valence-corrected chi connectivity index (χ0v) is 10.3. The van der Waals surface area contributed by atoms with Gasteiger partial charge in [0.25, 0.3) is 0 Å². The van der Waals surface area contributed by atoms with Gasteiger partial charge in [-0.25, -0.2) is 0 Å². The summed E-state index contributed by atoms with van der Waals surface area (Å²) >= 11 is 0. The Morgan fingerprint density at radius 3 is 2.47 bits per heavy atom. The second kappa shape index (κ2) is 4.42. The van der Waals surface area contributed by atoms with E-state index in [1.165, 1.54) is 45.2 Å². The van der Waals surface area contributed by atoms with Gasteiger partial charge in [0.1, 0.15) is 0 Å². The summed E-state index contributed by atoms with van der Waals surface area (Å²) in [6.45, 7) is 7.93. The van der Waals surface area contributed by atoms with Crippen LogP contribution >= 0.6 is 0 Å². The van der Waals surface area contributed by atoms with Crippen LogP contribution in [0.25, 0.3) is 0 Å². The zero-order chi connectivity index (χ0) is 10.9. The largest absolute Gasteiger partial charge is 0.329 e. The van der Waals surface area contributed by atoms with Crippen molar-refractivity contribution in [2.24, 2.45) is 17.6 Å². The van der Waals surface area contributed by atoms with Crippen molar-refractivity contribution in [1.82, 2.24) is 4.90 Å². The first-order valence-corrected chi connectivity index (χ1v) is 6.58. The minimum atomic E-state index is 0.211. The molecule has 2 fully saturated rings. The van der Waals surface area contributed by atoms with E-state index in [9.17, 15) is 0 Å². The molecule has 2 unspecified atom stereocenters. The molecule has 2 nitrogen and oxygen atoms in total. The van der Waals surface area contributed by atoms with Gasteiger partial charge in [-0.3, -0.25) is 4.90 Å². The van der Waals surface area contributed by atoms with E-state index in [0.29, 0.717) is 0 Å². The van der Waals surface area contributed by atoms with E-state index in [1.807, 2.05) is 0 Å². The molecule has 0 aromatic carbocycles. The summed E-state index contributed by atoms with van der Waals surface area (Å²) in [6.07, 6.45) is 7.29. The monoisotopic (exact) mass is 210 g/mol. The number of piperidine rings is 1. The van der Waals surface area contributed by atoms with Crippen LogP contribution in [0.15, 0.2) is 0 Å². The van der Waals surface area contributed by atoms with E-state index in [0.717, 1.165) is 18.4 Å². The average Bonchev–Trinajstić information content (AvgIpc) is 2.28. The maximum atomic E-state index is 5.86. The highest BCUT2D eigenvalue weighted by Gasteiger charge is 2.36. The van der Waals surface area contributed by atoms with Gasteiger partial charge in [0.15, 0.2) is 0 Å². The number of nitrogens with two attached hydrogens (primary N) is 1. The lowest BCUT2D eigenvalue weighted by Crippen LogP contribution is -2.55. The first-order chi connectivity index (χ1) is 7.13. The van der Waals surface area contributed by atoms with Gasteiger partial charge in [0.2, 0.25) is 0 Å². The first-order valence-electron chi connectivity index (χ1n) is 6.58. The molecule has 2 atom stereocenters. The van der Waals surface area contributed by atoms with Gasteiger partial charge in [-0.2, -0.15) is 0 Å². The highest BCUT2D eigenvalue weighted by atomic mass is 15.2. The van der Waals surface area contributed by atoms with Crippen LogP contribution in [0.3, 0.4) is 0 Å². The van der Waals surface area contributed by atoms with E-state index >= 15 is 0 Å². The summed E-state index contributed by atoms with van der Waals surface area (Å²) in [5.74, 6) is 2.00. The molecule has 0 aromatic heterocycles. The average molecular weight is 210 g/mol. The highest BCUT2D eigenvalue weighted by Crippen LogP contribution is 2.37. The van der Waals surface area contributed by atoms with Crippen LogP contribution < -0.4 is 5.73 Å². The summed E-state index contributed by atoms with van der Waals surface area (Å²) in [5.41, 5.74) is 6.07. The predicted molar refractivity (Wildman–Crippen MR) is 64.8 cm³/mol. The summed E-state index contributed by atoms with van der Waals surface area (Å²) < 4.78 is 0. The molecule has 15 heavy (non-hydrogen) atoms. The van der Waals surface area contributed by atoms with Gasteiger partial charge < -0.3 is 5.73 Å². The van der Waals surface area contributed by atoms with Crippen molar-refractivity contribution in [3.05, 3.63) is 0 Å². The summed E-state index contributed by atoms with van der Waals surface area (Å²) in [6, 6.07) is 0. The molecular weight excluding hydrogens is 184 g/mol. The van der Waals surface area contributed by atoms with Crippen LogP contribution in [-0.4, -0.2) is 30.1 Å². The molecule has 0 radical (unpaired) electrons. The van der Waals surface area contributed by atoms with Crippen molar-refractivity contribution in [2.75, 3.05) is 19.6 Å². The SMILES string of the molecule is CC(C)(CN)N1CCC2CCCCC2C1. The Kier molecular flexibility index (Phi) is 3.36. The van der Waals surface area contributed by atoms with Crippen molar-refractivity contribution in [2.45, 2.75) is 51.5 Å². The maximum Gasteiger partial charge on any atom is 0.0275 e. The number of nitrogens with zero attached hydrogens (tertiary/aromatic N) is 1. The van der Waals surface area contributed by atoms with Crippen molar-refractivity contribution in [1.29, 1.82) is 0 Å². The quantitative estimate of drug-likeness (QED) is 0.757. The van der Waals surface area contributed by atoms with Gasteiger partial charge in [-0.15, -0.1) is 0 Å². The standard InChI is InChI=1S/C13H26N2/c1-13(2,10-14)15-8-7-11-5-3-4-6-12(11)9-15/h11-12H,3-10,14H2,1-2H3. The molecule has 1 aliphatic heterocycles. The van der Waals surface area contributed by atoms with Gasteiger partial charge in [-0.05, 0) is 45.1 Å². The maximum absolute atomic E-state index is 5.86. The fourth-order valence-corrected chi connectivity index (χ4v) is 3.28. The molecule has 1 saturated heterocycles. The Morgan fingerprint density at radius 1 is 1.13 bits per heavy atom. The molecule has 2 rings (SSSR count). The smallest absolute Gasteiger partial charge is 0.0275 e. The van der Waals surface area contributed by atoms with Gasteiger partial charge >= 0.3 is 0 Å². The van der Waals surface area contributed by atoms with E-state index in [4.69, 9.17) is 5.73 Å². The third-order valence-corrected chi connectivity index (χ3v) is 4.65. The van der Waals surface area contributed by atoms with Crippen LogP contribution in [0.4, 0.5) is 0 Å². The van der Waals surface area contributed by atoms with E-state index in [1.54, 1.807) is 0 Å². The minimum absolute atomic E-state index is 0.211. The fourth-order valence-electron chi connectivity index (χ4n) is 3.28. The van der Waals surface area contributed by atoms with E-state index < -0.39 is 0 Å². The van der Waals surface area contributed by atoms with Gasteiger partial charge in [0.05, 0.1) is 0 Å². The Balaban J connectivity index is 1.96. The zero-order valence-electron chi connectivity index (χ0n) is 10.3. The molecule has 0 aromatic rings. The Hall–Kier alpha value is -0.0800. The number of rotatable bonds is 2. The van der Waals surface area contributed by atoms with Crippen LogP contribution in [0, 0.1) is 11.8 Å². The van der Waals surface area contributed by atoms with Crippen molar-refractivity contribution in [3.63, 3.8) is 0 Å². The van der Waals surface area contributed by atoms with Crippen molar-refractivity contribution < 1.29 is 0 Å². The first kappa shape index (κ1) is 11.4. The topological polar surface area (TPSA) is 29.3 Å². The normalized spacial score (nSPS) is 33.8. The fraction of sp³-hybridized carbons (Fsp3) is 1.00. The number of fused-ring (bicyclic) bond motifs is 1. The Bertz CT molecular complexity index is 213. The third-order valence-electron chi connectivity index (χ3n) is 4.65. The van der Waals surface area contributed by atoms with E-state index in [-0.39, 0.29) is 5.54 Å². The molecule has 2 heteroatoms. The van der Waals surface area contributed by atoms with E-state index in [2.05, 4.69) is 18.7 Å². The number of hydrogen-bond donors (Lipinski definition) is 1. The van der Waals surface area contributed by atoms with Gasteiger partial charge in [-0.1, -0.05) is 19.3 Å². The lowest BCUT2D eigenvalue weighted by Gasteiger charge is -2.47. The van der Waals surface area contributed by atoms with Crippen LogP contribution in [0.5, 0.6) is 0 Å². The summed E-state index contributed by atoms with van der Waals surface area (Å²) in [4.78, 5) is 2.62. The molecule has 0 bridgehead atoms. The minimum Gasteiger partial charge on any atom is -0.329 e. The Labute approximate surface area is 94.2 Å². The lowest BCUT2D eigenvalue weighted by atomic mass is 9.74. The Morgan fingerprint density at radius 2 is 1.80 bits per heavy atom. The van der Waals surface area contributed by atoms with Crippen molar-refractivity contribution >= 4 is 0 Å². The molecule has 2 aliphatic rings. The molecule has 1 heterocycles. The van der Waals surface area contributed by atoms with Crippen LogP contribution in [0.2, 0.25) is 0 Å². The molecular formula is C13H26N2. The highest BCUT2D eigenvalue weighted by molar-refractivity contribution is 4.90. The molecule has 1 aliphatic carbocycles. The summed E-state index contributed by atoms with van der Waals surface area (Å²) in [7, 11) is 0. The third kappa shape index (κ3) is 2.36. The predicted octanol–water partition coefficient (Wildman–Crippen LogP) is 2.24. The molecule has 88 valence electrons. The second-order valence-corrected chi connectivity index (χ2v) is 6.06. The number of likely N-dealkylation sites (tertiary alicyclic amines) is 1. The van der Waals surface area contributed by atoms with Crippen molar-refractivity contribution in [3.8, 4) is 0 Å². The van der Waals surface area contributed by atoms with Gasteiger partial charge in [0, 0.05) is 18.6 Å². The second-order valence-electron chi connectivity index (χ2n) is 6.06. The molecule has 2 N–H and O–H groups in total. The lowest BCUT2D eigenvalue weighted by molar-refractivity contribution is 0.0243. The molecule has 0 amide bonds. The number of hydrogen-bond acceptors (Lipinski definition) is 2. The molecule has 1 saturated carbocycles. The molecule has 0 spiro atoms. The van der Waals surface area contributed by atoms with Crippen LogP contribution in [-0.2, 0) is 0 Å². The summed E-state index contributed by atoms with van der Waals surface area (Å²) in [5, 5.41) is 0. The van der Waals surface area contributed by atoms with Crippen LogP contribution in [0.1, 0.15) is 46.0 Å².